The van der Waals surface area contributed by atoms with Gasteiger partial charge < -0.3 is 4.90 Å². The molecule has 14 heavy (non-hydrogen) atoms. The molecule has 0 aliphatic carbocycles. The summed E-state index contributed by atoms with van der Waals surface area (Å²) in [7, 11) is 2.23. The second kappa shape index (κ2) is 2.95. The zero-order valence-electron chi connectivity index (χ0n) is 8.43. The average Bonchev–Trinajstić information content (AvgIpc) is 2.77. The van der Waals surface area contributed by atoms with E-state index < -0.39 is 0 Å². The number of fused-ring (bicyclic) bond motifs is 2. The largest absolute Gasteiger partial charge is 0.364 e. The number of aromatic nitrogens is 1. The van der Waals surface area contributed by atoms with Gasteiger partial charge in [-0.2, -0.15) is 0 Å². The van der Waals surface area contributed by atoms with Crippen LogP contribution in [0.4, 0.5) is 5.69 Å². The van der Waals surface area contributed by atoms with Gasteiger partial charge in [0.05, 0.1) is 11.9 Å². The number of rotatable bonds is 1. The summed E-state index contributed by atoms with van der Waals surface area (Å²) in [6, 6.07) is 5.66. The van der Waals surface area contributed by atoms with Crippen LogP contribution in [0.5, 0.6) is 0 Å². The highest BCUT2D eigenvalue weighted by Gasteiger charge is 2.41. The first-order valence-corrected chi connectivity index (χ1v) is 5.21. The van der Waals surface area contributed by atoms with Gasteiger partial charge in [-0.3, -0.25) is 9.88 Å². The van der Waals surface area contributed by atoms with Crippen molar-refractivity contribution in [1.29, 1.82) is 0 Å². The van der Waals surface area contributed by atoms with Crippen molar-refractivity contribution < 1.29 is 0 Å². The number of likely N-dealkylation sites (tertiary alicyclic amines) is 1. The maximum absolute atomic E-state index is 4.18. The molecule has 3 nitrogen and oxygen atoms in total. The molecule has 2 aliphatic rings. The molecule has 0 radical (unpaired) electrons. The third kappa shape index (κ3) is 1.12. The van der Waals surface area contributed by atoms with Crippen LogP contribution in [0.2, 0.25) is 0 Å². The topological polar surface area (TPSA) is 19.4 Å². The van der Waals surface area contributed by atoms with E-state index in [4.69, 9.17) is 0 Å². The number of hydrogen-bond donors (Lipinski definition) is 0. The van der Waals surface area contributed by atoms with Crippen LogP contribution in [0.3, 0.4) is 0 Å². The fourth-order valence-electron chi connectivity index (χ4n) is 2.71. The average molecular weight is 189 g/mol. The molecule has 2 fully saturated rings. The van der Waals surface area contributed by atoms with Gasteiger partial charge in [0.1, 0.15) is 0 Å². The number of nitrogens with zero attached hydrogens (tertiary/aromatic N) is 3. The Bertz CT molecular complexity index is 323. The maximum Gasteiger partial charge on any atom is 0.0556 e. The van der Waals surface area contributed by atoms with Gasteiger partial charge >= 0.3 is 0 Å². The van der Waals surface area contributed by atoms with Crippen LogP contribution in [-0.4, -0.2) is 42.1 Å². The van der Waals surface area contributed by atoms with Gasteiger partial charge in [-0.15, -0.1) is 0 Å². The predicted molar refractivity (Wildman–Crippen MR) is 56.4 cm³/mol. The van der Waals surface area contributed by atoms with Gasteiger partial charge in [-0.25, -0.2) is 0 Å². The molecule has 2 bridgehead atoms. The Hall–Kier alpha value is -1.09. The summed E-state index contributed by atoms with van der Waals surface area (Å²) in [5, 5.41) is 0. The van der Waals surface area contributed by atoms with Gasteiger partial charge in [0.25, 0.3) is 0 Å². The Kier molecular flexibility index (Phi) is 1.74. The van der Waals surface area contributed by atoms with Crippen LogP contribution in [-0.2, 0) is 0 Å². The van der Waals surface area contributed by atoms with Crippen molar-refractivity contribution in [3.63, 3.8) is 0 Å². The van der Waals surface area contributed by atoms with Crippen LogP contribution in [0.15, 0.2) is 24.5 Å². The minimum absolute atomic E-state index is 0.717. The fraction of sp³-hybridized carbons (Fsp3) is 0.545. The highest BCUT2D eigenvalue weighted by molar-refractivity contribution is 5.47. The Morgan fingerprint density at radius 3 is 2.86 bits per heavy atom. The zero-order valence-corrected chi connectivity index (χ0v) is 8.43. The van der Waals surface area contributed by atoms with Gasteiger partial charge in [0.2, 0.25) is 0 Å². The molecule has 0 spiro atoms. The molecule has 0 aromatic carbocycles. The molecule has 3 rings (SSSR count). The van der Waals surface area contributed by atoms with Crippen LogP contribution in [0, 0.1) is 0 Å². The van der Waals surface area contributed by atoms with Crippen LogP contribution < -0.4 is 4.90 Å². The number of likely N-dealkylation sites (N-methyl/N-ethyl adjacent to an activating group) is 1. The normalized spacial score (nSPS) is 31.4. The van der Waals surface area contributed by atoms with Crippen molar-refractivity contribution >= 4 is 5.69 Å². The van der Waals surface area contributed by atoms with Crippen molar-refractivity contribution in [1.82, 2.24) is 9.88 Å². The molecular formula is C11H15N3. The summed E-state index contributed by atoms with van der Waals surface area (Å²) in [6.45, 7) is 2.38. The molecule has 0 amide bonds. The summed E-state index contributed by atoms with van der Waals surface area (Å²) in [5.74, 6) is 0. The molecular weight excluding hydrogens is 174 g/mol. The van der Waals surface area contributed by atoms with Crippen molar-refractivity contribution in [2.45, 2.75) is 18.5 Å². The monoisotopic (exact) mass is 189 g/mol. The van der Waals surface area contributed by atoms with Gasteiger partial charge in [0.15, 0.2) is 0 Å². The lowest BCUT2D eigenvalue weighted by molar-refractivity contribution is 0.292. The van der Waals surface area contributed by atoms with Gasteiger partial charge in [0, 0.05) is 31.4 Å². The minimum atomic E-state index is 0.717. The predicted octanol–water partition coefficient (Wildman–Crippen LogP) is 0.974. The molecule has 1 aromatic heterocycles. The van der Waals surface area contributed by atoms with E-state index in [1.54, 1.807) is 0 Å². The first kappa shape index (κ1) is 8.24. The van der Waals surface area contributed by atoms with Crippen molar-refractivity contribution in [3.8, 4) is 0 Å². The van der Waals surface area contributed by atoms with Gasteiger partial charge in [-0.1, -0.05) is 0 Å². The Morgan fingerprint density at radius 2 is 2.29 bits per heavy atom. The first-order valence-electron chi connectivity index (χ1n) is 5.21. The molecule has 3 heterocycles. The molecule has 3 heteroatoms. The van der Waals surface area contributed by atoms with E-state index in [2.05, 4.69) is 27.9 Å². The lowest BCUT2D eigenvalue weighted by Gasteiger charge is -2.33. The van der Waals surface area contributed by atoms with Crippen molar-refractivity contribution in [3.05, 3.63) is 24.5 Å². The number of hydrogen-bond acceptors (Lipinski definition) is 3. The second-order valence-corrected chi connectivity index (χ2v) is 4.35. The van der Waals surface area contributed by atoms with E-state index in [1.807, 2.05) is 18.5 Å². The van der Waals surface area contributed by atoms with E-state index in [0.717, 1.165) is 6.04 Å². The Labute approximate surface area is 84.3 Å². The minimum Gasteiger partial charge on any atom is -0.364 e. The quantitative estimate of drug-likeness (QED) is 0.656. The van der Waals surface area contributed by atoms with Crippen molar-refractivity contribution in [2.24, 2.45) is 0 Å². The number of pyridine rings is 1. The standard InChI is InChI=1S/C11H15N3/c1-13-7-11-5-10(13)8-14(11)9-3-2-4-12-6-9/h2-4,6,10-11H,5,7-8H2,1H3/t10-,11-/m1/s1. The first-order chi connectivity index (χ1) is 6.84. The lowest BCUT2D eigenvalue weighted by Crippen LogP contribution is -2.44. The number of anilines is 1. The molecule has 1 aromatic rings. The van der Waals surface area contributed by atoms with Crippen LogP contribution in [0.25, 0.3) is 0 Å². The molecule has 0 saturated carbocycles. The Morgan fingerprint density at radius 1 is 1.36 bits per heavy atom. The van der Waals surface area contributed by atoms with E-state index in [0.29, 0.717) is 6.04 Å². The molecule has 74 valence electrons. The third-order valence-electron chi connectivity index (χ3n) is 3.49. The summed E-state index contributed by atoms with van der Waals surface area (Å²) in [6.07, 6.45) is 5.13. The molecule has 0 unspecified atom stereocenters. The summed E-state index contributed by atoms with van der Waals surface area (Å²) >= 11 is 0. The smallest absolute Gasteiger partial charge is 0.0556 e. The molecule has 2 aliphatic heterocycles. The van der Waals surface area contributed by atoms with E-state index in [1.165, 1.54) is 25.2 Å². The molecule has 2 saturated heterocycles. The SMILES string of the molecule is CN1C[C@H]2C[C@@H]1CN2c1cccnc1. The van der Waals surface area contributed by atoms with E-state index in [9.17, 15) is 0 Å². The van der Waals surface area contributed by atoms with E-state index in [-0.39, 0.29) is 0 Å². The van der Waals surface area contributed by atoms with Crippen molar-refractivity contribution in [2.75, 3.05) is 25.0 Å². The Balaban J connectivity index is 1.84. The number of piperazine rings is 1. The zero-order chi connectivity index (χ0) is 9.54. The highest BCUT2D eigenvalue weighted by Crippen LogP contribution is 2.32. The van der Waals surface area contributed by atoms with Crippen LogP contribution in [0.1, 0.15) is 6.42 Å². The third-order valence-corrected chi connectivity index (χ3v) is 3.49. The van der Waals surface area contributed by atoms with Crippen LogP contribution >= 0.6 is 0 Å². The fourth-order valence-corrected chi connectivity index (χ4v) is 2.71. The molecule has 0 N–H and O–H groups in total. The summed E-state index contributed by atoms with van der Waals surface area (Å²) < 4.78 is 0. The van der Waals surface area contributed by atoms with E-state index >= 15 is 0 Å². The summed E-state index contributed by atoms with van der Waals surface area (Å²) in [4.78, 5) is 9.14. The highest BCUT2D eigenvalue weighted by atomic mass is 15.3. The second-order valence-electron chi connectivity index (χ2n) is 4.35. The van der Waals surface area contributed by atoms with Gasteiger partial charge in [-0.05, 0) is 25.6 Å². The molecule has 2 atom stereocenters. The maximum atomic E-state index is 4.18. The lowest BCUT2D eigenvalue weighted by atomic mass is 10.2. The summed E-state index contributed by atoms with van der Waals surface area (Å²) in [5.41, 5.74) is 1.29.